The monoisotopic (exact) mass is 310 g/mol. The third kappa shape index (κ3) is 3.11. The molecule has 0 saturated carbocycles. The van der Waals surface area contributed by atoms with Gasteiger partial charge in [-0.1, -0.05) is 24.3 Å². The molecule has 0 bridgehead atoms. The van der Waals surface area contributed by atoms with E-state index >= 15 is 0 Å². The van der Waals surface area contributed by atoms with Crippen molar-refractivity contribution >= 4 is 11.6 Å². The van der Waals surface area contributed by atoms with Gasteiger partial charge in [0.15, 0.2) is 5.69 Å². The largest absolute Gasteiger partial charge is 0.318 e. The first-order valence-electron chi connectivity index (χ1n) is 7.11. The Morgan fingerprint density at radius 2 is 1.83 bits per heavy atom. The van der Waals surface area contributed by atoms with Crippen LogP contribution in [0.5, 0.6) is 0 Å². The van der Waals surface area contributed by atoms with Crippen LogP contribution in [0, 0.1) is 19.7 Å². The molecule has 0 atom stereocenters. The maximum atomic E-state index is 13.8. The molecule has 1 amide bonds. The second-order valence-electron chi connectivity index (χ2n) is 5.20. The lowest BCUT2D eigenvalue weighted by molar-refractivity contribution is 0.102. The molecule has 0 aliphatic carbocycles. The van der Waals surface area contributed by atoms with Crippen molar-refractivity contribution in [3.8, 4) is 5.69 Å². The van der Waals surface area contributed by atoms with Crippen LogP contribution < -0.4 is 5.32 Å². The summed E-state index contributed by atoms with van der Waals surface area (Å²) in [5.74, 6) is -0.980. The highest BCUT2D eigenvalue weighted by molar-refractivity contribution is 6.03. The molecule has 116 valence electrons. The number of halogens is 1. The molecule has 3 aromatic rings. The first-order valence-corrected chi connectivity index (χ1v) is 7.11. The fourth-order valence-electron chi connectivity index (χ4n) is 2.18. The van der Waals surface area contributed by atoms with Gasteiger partial charge in [0.2, 0.25) is 0 Å². The fraction of sp³-hybridized carbons (Fsp3) is 0.118. The van der Waals surface area contributed by atoms with E-state index in [-0.39, 0.29) is 11.4 Å². The van der Waals surface area contributed by atoms with E-state index in [0.717, 1.165) is 11.3 Å². The molecular formula is C17H15FN4O. The molecule has 2 aromatic carbocycles. The summed E-state index contributed by atoms with van der Waals surface area (Å²) < 4.78 is 13.8. The van der Waals surface area contributed by atoms with Crippen LogP contribution in [0.1, 0.15) is 21.7 Å². The Bertz CT molecular complexity index is 858. The molecular weight excluding hydrogens is 295 g/mol. The number of hydrogen-bond donors (Lipinski definition) is 1. The molecule has 0 fully saturated rings. The highest BCUT2D eigenvalue weighted by Gasteiger charge is 2.17. The molecule has 0 spiro atoms. The van der Waals surface area contributed by atoms with E-state index < -0.39 is 11.7 Å². The van der Waals surface area contributed by atoms with Crippen molar-refractivity contribution in [3.05, 3.63) is 71.3 Å². The Labute approximate surface area is 132 Å². The third-order valence-corrected chi connectivity index (χ3v) is 3.35. The first kappa shape index (κ1) is 14.9. The number of para-hydroxylation sites is 1. The van der Waals surface area contributed by atoms with Crippen LogP contribution in [-0.2, 0) is 0 Å². The van der Waals surface area contributed by atoms with Crippen LogP contribution in [0.3, 0.4) is 0 Å². The highest BCUT2D eigenvalue weighted by Crippen LogP contribution is 2.17. The molecule has 0 saturated heterocycles. The summed E-state index contributed by atoms with van der Waals surface area (Å²) >= 11 is 0. The number of nitrogens with zero attached hydrogens (tertiary/aromatic N) is 3. The summed E-state index contributed by atoms with van der Waals surface area (Å²) in [6, 6.07) is 13.8. The molecule has 0 unspecified atom stereocenters. The molecule has 0 aliphatic heterocycles. The molecule has 23 heavy (non-hydrogen) atoms. The number of benzene rings is 2. The normalized spacial score (nSPS) is 10.6. The van der Waals surface area contributed by atoms with E-state index in [1.54, 1.807) is 19.1 Å². The predicted molar refractivity (Wildman–Crippen MR) is 85.2 cm³/mol. The van der Waals surface area contributed by atoms with E-state index in [2.05, 4.69) is 15.5 Å². The molecule has 1 heterocycles. The molecule has 1 N–H and O–H groups in total. The van der Waals surface area contributed by atoms with Crippen molar-refractivity contribution in [2.75, 3.05) is 5.32 Å². The van der Waals surface area contributed by atoms with E-state index in [4.69, 9.17) is 0 Å². The van der Waals surface area contributed by atoms with Crippen molar-refractivity contribution in [1.29, 1.82) is 0 Å². The van der Waals surface area contributed by atoms with Crippen LogP contribution >= 0.6 is 0 Å². The van der Waals surface area contributed by atoms with Crippen LogP contribution in [-0.4, -0.2) is 20.9 Å². The molecule has 0 radical (unpaired) electrons. The van der Waals surface area contributed by atoms with Gasteiger partial charge in [-0.2, -0.15) is 9.90 Å². The van der Waals surface area contributed by atoms with Gasteiger partial charge in [-0.3, -0.25) is 4.79 Å². The average Bonchev–Trinajstić information content (AvgIpc) is 2.94. The van der Waals surface area contributed by atoms with Gasteiger partial charge >= 0.3 is 0 Å². The highest BCUT2D eigenvalue weighted by atomic mass is 19.1. The number of carbonyl (C=O) groups excluding carboxylic acids is 1. The van der Waals surface area contributed by atoms with Gasteiger partial charge in [0.1, 0.15) is 5.82 Å². The fourth-order valence-corrected chi connectivity index (χ4v) is 2.18. The summed E-state index contributed by atoms with van der Waals surface area (Å²) in [5.41, 5.74) is 2.36. The number of aromatic nitrogens is 3. The van der Waals surface area contributed by atoms with E-state index in [1.165, 1.54) is 10.9 Å². The summed E-state index contributed by atoms with van der Waals surface area (Å²) in [4.78, 5) is 13.7. The quantitative estimate of drug-likeness (QED) is 0.807. The molecule has 5 nitrogen and oxygen atoms in total. The Kier molecular flexibility index (Phi) is 3.89. The Morgan fingerprint density at radius 1 is 1.09 bits per heavy atom. The number of rotatable bonds is 3. The van der Waals surface area contributed by atoms with Crippen molar-refractivity contribution in [2.45, 2.75) is 13.8 Å². The third-order valence-electron chi connectivity index (χ3n) is 3.35. The van der Waals surface area contributed by atoms with Gasteiger partial charge in [-0.25, -0.2) is 4.39 Å². The Hall–Kier alpha value is -3.02. The lowest BCUT2D eigenvalue weighted by Gasteiger charge is -2.05. The topological polar surface area (TPSA) is 59.8 Å². The smallest absolute Gasteiger partial charge is 0.278 e. The standard InChI is InChI=1S/C17H15FN4O/c1-11-8-9-14(18)15(10-11)19-17(23)16-12(2)20-22(21-16)13-6-4-3-5-7-13/h3-10H,1-2H3,(H,19,23). The second-order valence-corrected chi connectivity index (χ2v) is 5.20. The first-order chi connectivity index (χ1) is 11.0. The number of amides is 1. The van der Waals surface area contributed by atoms with Crippen LogP contribution in [0.4, 0.5) is 10.1 Å². The number of nitrogens with one attached hydrogen (secondary N) is 1. The minimum atomic E-state index is -0.491. The Balaban J connectivity index is 1.88. The summed E-state index contributed by atoms with van der Waals surface area (Å²) in [5, 5.41) is 11.0. The zero-order valence-corrected chi connectivity index (χ0v) is 12.7. The van der Waals surface area contributed by atoms with E-state index in [1.807, 2.05) is 37.3 Å². The zero-order valence-electron chi connectivity index (χ0n) is 12.7. The van der Waals surface area contributed by atoms with Gasteiger partial charge in [-0.15, -0.1) is 5.10 Å². The summed E-state index contributed by atoms with van der Waals surface area (Å²) in [6.07, 6.45) is 0. The Morgan fingerprint density at radius 3 is 2.57 bits per heavy atom. The number of anilines is 1. The number of aryl methyl sites for hydroxylation is 2. The SMILES string of the molecule is Cc1ccc(F)c(NC(=O)c2nn(-c3ccccc3)nc2C)c1. The molecule has 1 aromatic heterocycles. The van der Waals surface area contributed by atoms with Gasteiger partial charge in [0.25, 0.3) is 5.91 Å². The average molecular weight is 310 g/mol. The van der Waals surface area contributed by atoms with Crippen molar-refractivity contribution in [2.24, 2.45) is 0 Å². The van der Waals surface area contributed by atoms with Gasteiger partial charge in [0, 0.05) is 0 Å². The van der Waals surface area contributed by atoms with Gasteiger partial charge in [0.05, 0.1) is 17.1 Å². The van der Waals surface area contributed by atoms with Gasteiger partial charge < -0.3 is 5.32 Å². The predicted octanol–water partition coefficient (Wildman–Crippen LogP) is 3.28. The maximum Gasteiger partial charge on any atom is 0.278 e. The molecule has 0 aliphatic rings. The zero-order chi connectivity index (χ0) is 16.4. The maximum absolute atomic E-state index is 13.8. The second kappa shape index (κ2) is 6.00. The minimum absolute atomic E-state index is 0.128. The minimum Gasteiger partial charge on any atom is -0.318 e. The van der Waals surface area contributed by atoms with E-state index in [0.29, 0.717) is 5.69 Å². The molecule has 3 rings (SSSR count). The van der Waals surface area contributed by atoms with E-state index in [9.17, 15) is 9.18 Å². The van der Waals surface area contributed by atoms with Crippen LogP contribution in [0.25, 0.3) is 5.69 Å². The lowest BCUT2D eigenvalue weighted by Crippen LogP contribution is -2.15. The summed E-state index contributed by atoms with van der Waals surface area (Å²) in [6.45, 7) is 3.51. The van der Waals surface area contributed by atoms with Crippen molar-refractivity contribution < 1.29 is 9.18 Å². The van der Waals surface area contributed by atoms with Crippen molar-refractivity contribution in [3.63, 3.8) is 0 Å². The summed E-state index contributed by atoms with van der Waals surface area (Å²) in [7, 11) is 0. The number of hydrogen-bond acceptors (Lipinski definition) is 3. The van der Waals surface area contributed by atoms with Crippen molar-refractivity contribution in [1.82, 2.24) is 15.0 Å². The lowest BCUT2D eigenvalue weighted by atomic mass is 10.2. The van der Waals surface area contributed by atoms with Crippen LogP contribution in [0.2, 0.25) is 0 Å². The number of carbonyl (C=O) groups is 1. The molecule has 6 heteroatoms. The van der Waals surface area contributed by atoms with Gasteiger partial charge in [-0.05, 0) is 43.7 Å². The van der Waals surface area contributed by atoms with Crippen LogP contribution in [0.15, 0.2) is 48.5 Å².